The molecule has 0 saturated heterocycles. The highest BCUT2D eigenvalue weighted by atomic mass is 32.2. The molecular formula is C4H8O4S. The predicted octanol–water partition coefficient (Wildman–Crippen LogP) is 0.201. The lowest BCUT2D eigenvalue weighted by atomic mass is 10.4. The first-order valence-corrected chi connectivity index (χ1v) is 3.92. The van der Waals surface area contributed by atoms with Gasteiger partial charge in [-0.25, -0.2) is 0 Å². The summed E-state index contributed by atoms with van der Waals surface area (Å²) in [5, 5.41) is -1.11. The third-order valence-corrected chi connectivity index (χ3v) is 1.52. The molecule has 0 atom stereocenters. The molecule has 0 fully saturated rings. The first-order valence-electron chi connectivity index (χ1n) is 2.48. The Kier molecular flexibility index (Phi) is 2.80. The number of carbonyl (C=O) groups is 1. The van der Waals surface area contributed by atoms with Gasteiger partial charge < -0.3 is 0 Å². The number of rotatable bonds is 2. The summed E-state index contributed by atoms with van der Waals surface area (Å²) in [6, 6.07) is 0. The fourth-order valence-electron chi connectivity index (χ4n) is 0.333. The molecule has 5 heteroatoms. The number of hydrogen-bond acceptors (Lipinski definition) is 3. The molecular weight excluding hydrogens is 144 g/mol. The van der Waals surface area contributed by atoms with E-state index in [0.29, 0.717) is 6.42 Å². The zero-order valence-electron chi connectivity index (χ0n) is 4.99. The Hall–Kier alpha value is -0.420. The smallest absolute Gasteiger partial charge is 0.280 e. The molecule has 0 amide bonds. The van der Waals surface area contributed by atoms with Gasteiger partial charge in [-0.1, -0.05) is 6.92 Å². The molecule has 54 valence electrons. The lowest BCUT2D eigenvalue weighted by Crippen LogP contribution is -2.11. The van der Waals surface area contributed by atoms with Gasteiger partial charge in [-0.15, -0.1) is 0 Å². The monoisotopic (exact) mass is 152 g/mol. The number of hydrogen-bond donors (Lipinski definition) is 1. The van der Waals surface area contributed by atoms with Crippen LogP contribution in [0.25, 0.3) is 0 Å². The molecule has 0 unspecified atom stereocenters. The molecule has 0 aliphatic carbocycles. The third-order valence-electron chi connectivity index (χ3n) is 0.742. The van der Waals surface area contributed by atoms with Crippen LogP contribution in [-0.2, 0) is 14.9 Å². The highest BCUT2D eigenvalue weighted by molar-refractivity contribution is 8.01. The molecule has 0 aliphatic rings. The van der Waals surface area contributed by atoms with E-state index in [0.717, 1.165) is 0 Å². The summed E-state index contributed by atoms with van der Waals surface area (Å²) in [7, 11) is -4.40. The van der Waals surface area contributed by atoms with Gasteiger partial charge in [0.1, 0.15) is 0 Å². The van der Waals surface area contributed by atoms with Crippen LogP contribution in [0, 0.1) is 0 Å². The Morgan fingerprint density at radius 1 is 1.56 bits per heavy atom. The van der Waals surface area contributed by atoms with E-state index in [9.17, 15) is 13.2 Å². The van der Waals surface area contributed by atoms with Gasteiger partial charge in [0.2, 0.25) is 0 Å². The first-order chi connectivity index (χ1) is 3.98. The van der Waals surface area contributed by atoms with Gasteiger partial charge in [0.05, 0.1) is 0 Å². The van der Waals surface area contributed by atoms with Crippen molar-refractivity contribution in [2.45, 2.75) is 19.8 Å². The van der Waals surface area contributed by atoms with Gasteiger partial charge in [-0.3, -0.25) is 9.35 Å². The van der Waals surface area contributed by atoms with E-state index in [1.807, 2.05) is 0 Å². The Morgan fingerprint density at radius 2 is 2.00 bits per heavy atom. The topological polar surface area (TPSA) is 71.4 Å². The van der Waals surface area contributed by atoms with Crippen molar-refractivity contribution in [1.82, 2.24) is 0 Å². The fraction of sp³-hybridized carbons (Fsp3) is 0.750. The quantitative estimate of drug-likeness (QED) is 0.574. The van der Waals surface area contributed by atoms with Gasteiger partial charge in [0.15, 0.2) is 0 Å². The van der Waals surface area contributed by atoms with Crippen LogP contribution in [0.1, 0.15) is 19.8 Å². The zero-order chi connectivity index (χ0) is 7.49. The molecule has 0 heterocycles. The van der Waals surface area contributed by atoms with E-state index in [1.54, 1.807) is 6.92 Å². The molecule has 1 N–H and O–H groups in total. The summed E-state index contributed by atoms with van der Waals surface area (Å²) < 4.78 is 27.9. The van der Waals surface area contributed by atoms with E-state index in [1.165, 1.54) is 0 Å². The van der Waals surface area contributed by atoms with Crippen molar-refractivity contribution in [1.29, 1.82) is 0 Å². The van der Waals surface area contributed by atoms with Crippen LogP contribution >= 0.6 is 0 Å². The molecule has 0 bridgehead atoms. The van der Waals surface area contributed by atoms with Gasteiger partial charge in [-0.05, 0) is 6.42 Å². The maximum Gasteiger partial charge on any atom is 0.328 e. The summed E-state index contributed by atoms with van der Waals surface area (Å²) in [6.07, 6.45) is 0.317. The van der Waals surface area contributed by atoms with Crippen molar-refractivity contribution in [2.75, 3.05) is 0 Å². The second-order valence-corrected chi connectivity index (χ2v) is 3.00. The van der Waals surface area contributed by atoms with E-state index in [-0.39, 0.29) is 6.42 Å². The predicted molar refractivity (Wildman–Crippen MR) is 31.5 cm³/mol. The van der Waals surface area contributed by atoms with E-state index >= 15 is 0 Å². The van der Waals surface area contributed by atoms with Crippen LogP contribution in [0.5, 0.6) is 0 Å². The van der Waals surface area contributed by atoms with Crippen LogP contribution in [-0.4, -0.2) is 18.1 Å². The SMILES string of the molecule is CCCC(=O)S(=O)(=O)O. The average Bonchev–Trinajstić information content (AvgIpc) is 1.64. The van der Waals surface area contributed by atoms with Crippen molar-refractivity contribution >= 4 is 15.2 Å². The maximum absolute atomic E-state index is 10.2. The van der Waals surface area contributed by atoms with Gasteiger partial charge in [-0.2, -0.15) is 8.42 Å². The lowest BCUT2D eigenvalue weighted by molar-refractivity contribution is -0.112. The van der Waals surface area contributed by atoms with Crippen molar-refractivity contribution in [3.63, 3.8) is 0 Å². The Bertz CT molecular complexity index is 191. The minimum Gasteiger partial charge on any atom is -0.280 e. The average molecular weight is 152 g/mol. The molecule has 0 radical (unpaired) electrons. The van der Waals surface area contributed by atoms with Gasteiger partial charge in [0.25, 0.3) is 5.12 Å². The Morgan fingerprint density at radius 3 is 2.11 bits per heavy atom. The normalized spacial score (nSPS) is 11.3. The van der Waals surface area contributed by atoms with Crippen LogP contribution in [0.15, 0.2) is 0 Å². The van der Waals surface area contributed by atoms with Crippen LogP contribution in [0.3, 0.4) is 0 Å². The molecule has 0 aromatic heterocycles. The van der Waals surface area contributed by atoms with Crippen molar-refractivity contribution < 1.29 is 17.8 Å². The molecule has 0 aromatic rings. The molecule has 0 rings (SSSR count). The minimum absolute atomic E-state index is 0.112. The van der Waals surface area contributed by atoms with Gasteiger partial charge >= 0.3 is 10.1 Å². The van der Waals surface area contributed by atoms with Crippen LogP contribution in [0.4, 0.5) is 0 Å². The second-order valence-electron chi connectivity index (χ2n) is 1.60. The standard InChI is InChI=1S/C4H8O4S/c1-2-3-4(5)9(6,7)8/h2-3H2,1H3,(H,6,7,8). The third kappa shape index (κ3) is 3.21. The van der Waals surface area contributed by atoms with E-state index in [4.69, 9.17) is 4.55 Å². The maximum atomic E-state index is 10.2. The minimum atomic E-state index is -4.40. The highest BCUT2D eigenvalue weighted by Crippen LogP contribution is 1.94. The first kappa shape index (κ1) is 8.58. The molecule has 0 saturated carbocycles. The largest absolute Gasteiger partial charge is 0.328 e. The summed E-state index contributed by atoms with van der Waals surface area (Å²) >= 11 is 0. The van der Waals surface area contributed by atoms with Gasteiger partial charge in [0, 0.05) is 6.42 Å². The molecule has 4 nitrogen and oxygen atoms in total. The molecule has 0 aliphatic heterocycles. The lowest BCUT2D eigenvalue weighted by Gasteiger charge is -1.89. The summed E-state index contributed by atoms with van der Waals surface area (Å²) in [5.41, 5.74) is 0. The fourth-order valence-corrected chi connectivity index (χ4v) is 0.795. The summed E-state index contributed by atoms with van der Waals surface area (Å²) in [4.78, 5) is 10.2. The molecule has 9 heavy (non-hydrogen) atoms. The van der Waals surface area contributed by atoms with E-state index < -0.39 is 15.2 Å². The second kappa shape index (κ2) is 2.93. The summed E-state index contributed by atoms with van der Waals surface area (Å²) in [5.74, 6) is 0. The Labute approximate surface area is 53.6 Å². The molecule has 0 spiro atoms. The van der Waals surface area contributed by atoms with Crippen molar-refractivity contribution in [3.8, 4) is 0 Å². The Balaban J connectivity index is 4.08. The highest BCUT2D eigenvalue weighted by Gasteiger charge is 2.15. The molecule has 0 aromatic carbocycles. The zero-order valence-corrected chi connectivity index (χ0v) is 5.81. The van der Waals surface area contributed by atoms with Crippen LogP contribution in [0.2, 0.25) is 0 Å². The number of carbonyl (C=O) groups excluding carboxylic acids is 1. The van der Waals surface area contributed by atoms with Crippen molar-refractivity contribution in [3.05, 3.63) is 0 Å². The van der Waals surface area contributed by atoms with Crippen LogP contribution < -0.4 is 0 Å². The van der Waals surface area contributed by atoms with Crippen molar-refractivity contribution in [2.24, 2.45) is 0 Å². The van der Waals surface area contributed by atoms with E-state index in [2.05, 4.69) is 0 Å². The summed E-state index contributed by atoms with van der Waals surface area (Å²) in [6.45, 7) is 1.66.